The highest BCUT2D eigenvalue weighted by atomic mass is 35.5. The second-order valence-corrected chi connectivity index (χ2v) is 12.0. The number of carbonyl (C=O) groups is 3. The number of piperidine rings is 1. The van der Waals surface area contributed by atoms with Crippen LogP contribution in [0.15, 0.2) is 48.5 Å². The lowest BCUT2D eigenvalue weighted by Crippen LogP contribution is -2.57. The molecule has 37 heavy (non-hydrogen) atoms. The zero-order valence-corrected chi connectivity index (χ0v) is 22.8. The van der Waals surface area contributed by atoms with E-state index < -0.39 is 24.1 Å². The van der Waals surface area contributed by atoms with Crippen molar-refractivity contribution < 1.29 is 19.1 Å². The zero-order valence-electron chi connectivity index (χ0n) is 22.0. The molecule has 0 spiro atoms. The lowest BCUT2D eigenvalue weighted by molar-refractivity contribution is -0.137. The molecule has 0 radical (unpaired) electrons. The van der Waals surface area contributed by atoms with E-state index in [-0.39, 0.29) is 23.3 Å². The minimum atomic E-state index is -1.02. The maximum Gasteiger partial charge on any atom is 0.320 e. The maximum absolute atomic E-state index is 13.8. The van der Waals surface area contributed by atoms with Crippen LogP contribution in [0.3, 0.4) is 0 Å². The number of likely N-dealkylation sites (tertiary alicyclic amines) is 1. The van der Waals surface area contributed by atoms with Crippen LogP contribution in [-0.2, 0) is 9.59 Å². The summed E-state index contributed by atoms with van der Waals surface area (Å²) in [7, 11) is 0. The summed E-state index contributed by atoms with van der Waals surface area (Å²) in [5.41, 5.74) is 0.935. The summed E-state index contributed by atoms with van der Waals surface area (Å²) in [6.07, 6.45) is 0.334. The lowest BCUT2D eigenvalue weighted by atomic mass is 9.71. The SMILES string of the molecule is C[C@@H]1Oc2ccccc2N(CC(=O)N2CC(C)(C)CC(C)(C)C2)C(=O)[C@@H]1NC(=O)Nc1cccc(Cl)c1. The molecule has 2 heterocycles. The normalized spacial score (nSPS) is 22.4. The van der Waals surface area contributed by atoms with Crippen LogP contribution < -0.4 is 20.3 Å². The molecule has 198 valence electrons. The molecule has 0 saturated carbocycles. The zero-order chi connectivity index (χ0) is 27.0. The molecule has 2 N–H and O–H groups in total. The Morgan fingerprint density at radius 1 is 1.05 bits per heavy atom. The number of anilines is 2. The van der Waals surface area contributed by atoms with E-state index in [0.29, 0.717) is 35.2 Å². The van der Waals surface area contributed by atoms with Gasteiger partial charge in [0.2, 0.25) is 5.91 Å². The predicted octanol–water partition coefficient (Wildman–Crippen LogP) is 4.93. The Kier molecular flexibility index (Phi) is 7.42. The van der Waals surface area contributed by atoms with Crippen molar-refractivity contribution in [2.75, 3.05) is 29.9 Å². The third-order valence-corrected chi connectivity index (χ3v) is 6.92. The minimum absolute atomic E-state index is 0.0295. The fourth-order valence-electron chi connectivity index (χ4n) is 5.66. The largest absolute Gasteiger partial charge is 0.486 e. The summed E-state index contributed by atoms with van der Waals surface area (Å²) < 4.78 is 6.08. The van der Waals surface area contributed by atoms with Crippen molar-refractivity contribution in [3.05, 3.63) is 53.6 Å². The summed E-state index contributed by atoms with van der Waals surface area (Å²) >= 11 is 6.02. The van der Waals surface area contributed by atoms with Crippen molar-refractivity contribution in [3.63, 3.8) is 0 Å². The highest BCUT2D eigenvalue weighted by Crippen LogP contribution is 2.40. The van der Waals surface area contributed by atoms with Gasteiger partial charge in [0.05, 0.1) is 5.69 Å². The molecule has 0 aromatic heterocycles. The summed E-state index contributed by atoms with van der Waals surface area (Å²) in [6.45, 7) is 11.5. The maximum atomic E-state index is 13.8. The van der Waals surface area contributed by atoms with Crippen LogP contribution in [0.5, 0.6) is 5.75 Å². The standard InChI is InChI=1S/C28H35ClN4O4/c1-18-24(31-26(36)30-20-10-8-9-19(29)13-20)25(35)33(21-11-6-7-12-22(21)37-18)14-23(34)32-16-27(2,3)15-28(4,5)17-32/h6-13,18,24H,14-17H2,1-5H3,(H2,30,31,36)/t18-,24+/m0/s1. The van der Waals surface area contributed by atoms with Crippen molar-refractivity contribution in [2.45, 2.75) is 53.2 Å². The van der Waals surface area contributed by atoms with Crippen molar-refractivity contribution >= 4 is 40.8 Å². The molecule has 4 rings (SSSR count). The highest BCUT2D eigenvalue weighted by Gasteiger charge is 2.42. The van der Waals surface area contributed by atoms with Gasteiger partial charge in [-0.2, -0.15) is 0 Å². The van der Waals surface area contributed by atoms with Gasteiger partial charge in [-0.15, -0.1) is 0 Å². The van der Waals surface area contributed by atoms with Crippen LogP contribution in [0.4, 0.5) is 16.2 Å². The van der Waals surface area contributed by atoms with Crippen LogP contribution in [0.2, 0.25) is 5.02 Å². The molecule has 2 atom stereocenters. The van der Waals surface area contributed by atoms with Crippen molar-refractivity contribution in [1.82, 2.24) is 10.2 Å². The lowest BCUT2D eigenvalue weighted by Gasteiger charge is -2.47. The quantitative estimate of drug-likeness (QED) is 0.591. The second-order valence-electron chi connectivity index (χ2n) is 11.6. The average Bonchev–Trinajstić information content (AvgIpc) is 2.87. The van der Waals surface area contributed by atoms with Crippen LogP contribution in [0.1, 0.15) is 41.0 Å². The van der Waals surface area contributed by atoms with Gasteiger partial charge >= 0.3 is 6.03 Å². The van der Waals surface area contributed by atoms with Gasteiger partial charge < -0.3 is 20.3 Å². The van der Waals surface area contributed by atoms with Crippen LogP contribution in [0, 0.1) is 10.8 Å². The summed E-state index contributed by atoms with van der Waals surface area (Å²) in [4.78, 5) is 43.5. The first-order valence-corrected chi connectivity index (χ1v) is 12.9. The molecule has 2 aliphatic heterocycles. The molecular formula is C28H35ClN4O4. The molecule has 0 bridgehead atoms. The highest BCUT2D eigenvalue weighted by molar-refractivity contribution is 6.30. The number of hydrogen-bond acceptors (Lipinski definition) is 4. The first-order valence-electron chi connectivity index (χ1n) is 12.5. The van der Waals surface area contributed by atoms with Gasteiger partial charge in [-0.25, -0.2) is 4.79 Å². The van der Waals surface area contributed by atoms with E-state index >= 15 is 0 Å². The third-order valence-electron chi connectivity index (χ3n) is 6.68. The van der Waals surface area contributed by atoms with Crippen LogP contribution in [0.25, 0.3) is 0 Å². The number of fused-ring (bicyclic) bond motifs is 1. The smallest absolute Gasteiger partial charge is 0.320 e. The number of halogens is 1. The number of rotatable bonds is 4. The summed E-state index contributed by atoms with van der Waals surface area (Å²) in [6, 6.07) is 12.3. The minimum Gasteiger partial charge on any atom is -0.486 e. The molecule has 0 unspecified atom stereocenters. The molecule has 1 saturated heterocycles. The first kappa shape index (κ1) is 26.8. The Hall–Kier alpha value is -3.26. The van der Waals surface area contributed by atoms with E-state index in [2.05, 4.69) is 38.3 Å². The number of carbonyl (C=O) groups excluding carboxylic acids is 3. The summed E-state index contributed by atoms with van der Waals surface area (Å²) in [5.74, 6) is -0.0711. The Balaban J connectivity index is 1.57. The van der Waals surface area contributed by atoms with Gasteiger partial charge in [0, 0.05) is 23.8 Å². The average molecular weight is 527 g/mol. The van der Waals surface area contributed by atoms with Gasteiger partial charge in [0.25, 0.3) is 5.91 Å². The monoisotopic (exact) mass is 526 g/mol. The van der Waals surface area contributed by atoms with Crippen molar-refractivity contribution in [1.29, 1.82) is 0 Å². The van der Waals surface area contributed by atoms with E-state index in [1.54, 1.807) is 49.4 Å². The number of urea groups is 1. The fourth-order valence-corrected chi connectivity index (χ4v) is 5.85. The molecule has 2 aliphatic rings. The molecule has 0 aliphatic carbocycles. The third kappa shape index (κ3) is 6.36. The number of nitrogens with zero attached hydrogens (tertiary/aromatic N) is 2. The number of para-hydroxylation sites is 2. The first-order chi connectivity index (χ1) is 17.3. The van der Waals surface area contributed by atoms with E-state index in [1.807, 2.05) is 11.0 Å². The van der Waals surface area contributed by atoms with Gasteiger partial charge in [-0.05, 0) is 54.5 Å². The van der Waals surface area contributed by atoms with Gasteiger partial charge in [0.15, 0.2) is 0 Å². The van der Waals surface area contributed by atoms with Crippen molar-refractivity contribution in [2.24, 2.45) is 10.8 Å². The van der Waals surface area contributed by atoms with Gasteiger partial charge in [-0.1, -0.05) is 57.5 Å². The number of nitrogens with one attached hydrogen (secondary N) is 2. The number of benzene rings is 2. The molecule has 1 fully saturated rings. The molecule has 9 heteroatoms. The van der Waals surface area contributed by atoms with Crippen LogP contribution >= 0.6 is 11.6 Å². The van der Waals surface area contributed by atoms with E-state index in [9.17, 15) is 14.4 Å². The Labute approximate surface area is 223 Å². The van der Waals surface area contributed by atoms with E-state index in [0.717, 1.165) is 6.42 Å². The van der Waals surface area contributed by atoms with Gasteiger partial charge in [-0.3, -0.25) is 14.5 Å². The molecule has 8 nitrogen and oxygen atoms in total. The molecule has 2 aromatic carbocycles. The Morgan fingerprint density at radius 3 is 2.41 bits per heavy atom. The molecule has 4 amide bonds. The number of hydrogen-bond donors (Lipinski definition) is 2. The van der Waals surface area contributed by atoms with E-state index in [4.69, 9.17) is 16.3 Å². The molecule has 2 aromatic rings. The number of ether oxygens (including phenoxy) is 1. The van der Waals surface area contributed by atoms with Gasteiger partial charge in [0.1, 0.15) is 24.4 Å². The fraction of sp³-hybridized carbons (Fsp3) is 0.464. The Morgan fingerprint density at radius 2 is 1.73 bits per heavy atom. The topological polar surface area (TPSA) is 91.0 Å². The van der Waals surface area contributed by atoms with Crippen molar-refractivity contribution in [3.8, 4) is 5.75 Å². The Bertz CT molecular complexity index is 1180. The predicted molar refractivity (Wildman–Crippen MR) is 145 cm³/mol. The second kappa shape index (κ2) is 10.2. The molecular weight excluding hydrogens is 492 g/mol. The van der Waals surface area contributed by atoms with Crippen LogP contribution in [-0.4, -0.2) is 54.5 Å². The number of amides is 4. The summed E-state index contributed by atoms with van der Waals surface area (Å²) in [5, 5.41) is 5.91. The van der Waals surface area contributed by atoms with E-state index in [1.165, 1.54) is 4.90 Å².